The molecule has 16 heavy (non-hydrogen) atoms. The SMILES string of the molecule is O=C1Cc2cc(C3(CCl)COC3)ccc2N1. The highest BCUT2D eigenvalue weighted by Crippen LogP contribution is 2.36. The largest absolute Gasteiger partial charge is 0.379 e. The first-order chi connectivity index (χ1) is 7.73. The lowest BCUT2D eigenvalue weighted by atomic mass is 9.80. The van der Waals surface area contributed by atoms with Gasteiger partial charge in [-0.15, -0.1) is 11.6 Å². The van der Waals surface area contributed by atoms with Crippen molar-refractivity contribution in [3.8, 4) is 0 Å². The first-order valence-corrected chi connectivity index (χ1v) is 5.84. The van der Waals surface area contributed by atoms with Crippen LogP contribution in [-0.2, 0) is 21.4 Å². The summed E-state index contributed by atoms with van der Waals surface area (Å²) in [7, 11) is 0. The lowest BCUT2D eigenvalue weighted by molar-refractivity contribution is -0.115. The number of hydrogen-bond acceptors (Lipinski definition) is 2. The quantitative estimate of drug-likeness (QED) is 0.795. The number of hydrogen-bond donors (Lipinski definition) is 1. The van der Waals surface area contributed by atoms with Crippen LogP contribution in [0.25, 0.3) is 0 Å². The molecule has 0 spiro atoms. The summed E-state index contributed by atoms with van der Waals surface area (Å²) < 4.78 is 5.26. The lowest BCUT2D eigenvalue weighted by Gasteiger charge is -2.40. The van der Waals surface area contributed by atoms with Gasteiger partial charge in [0.2, 0.25) is 5.91 Å². The molecule has 1 amide bonds. The van der Waals surface area contributed by atoms with Crippen molar-refractivity contribution in [1.82, 2.24) is 0 Å². The molecule has 0 aliphatic carbocycles. The smallest absolute Gasteiger partial charge is 0.228 e. The van der Waals surface area contributed by atoms with Gasteiger partial charge in [-0.2, -0.15) is 0 Å². The van der Waals surface area contributed by atoms with E-state index in [2.05, 4.69) is 11.4 Å². The minimum Gasteiger partial charge on any atom is -0.379 e. The average Bonchev–Trinajstić information content (AvgIpc) is 2.56. The third-order valence-corrected chi connectivity index (χ3v) is 3.87. The van der Waals surface area contributed by atoms with E-state index in [1.807, 2.05) is 12.1 Å². The van der Waals surface area contributed by atoms with Gasteiger partial charge in [-0.05, 0) is 17.2 Å². The Labute approximate surface area is 98.7 Å². The molecular weight excluding hydrogens is 226 g/mol. The van der Waals surface area contributed by atoms with Crippen molar-refractivity contribution in [2.45, 2.75) is 11.8 Å². The van der Waals surface area contributed by atoms with E-state index < -0.39 is 0 Å². The molecule has 2 aliphatic rings. The van der Waals surface area contributed by atoms with E-state index in [1.165, 1.54) is 5.56 Å². The maximum absolute atomic E-state index is 11.3. The van der Waals surface area contributed by atoms with Gasteiger partial charge in [0.05, 0.1) is 25.0 Å². The maximum atomic E-state index is 11.3. The van der Waals surface area contributed by atoms with E-state index in [0.29, 0.717) is 25.5 Å². The Hall–Kier alpha value is -1.06. The van der Waals surface area contributed by atoms with Crippen molar-refractivity contribution in [2.75, 3.05) is 24.4 Å². The zero-order valence-electron chi connectivity index (χ0n) is 8.75. The van der Waals surface area contributed by atoms with Crippen LogP contribution >= 0.6 is 11.6 Å². The third kappa shape index (κ3) is 1.35. The fourth-order valence-electron chi connectivity index (χ4n) is 2.23. The molecule has 4 heteroatoms. The second-order valence-electron chi connectivity index (χ2n) is 4.50. The third-order valence-electron chi connectivity index (χ3n) is 3.36. The summed E-state index contributed by atoms with van der Waals surface area (Å²) in [6.07, 6.45) is 0.475. The number of rotatable bonds is 2. The summed E-state index contributed by atoms with van der Waals surface area (Å²) in [6, 6.07) is 6.08. The van der Waals surface area contributed by atoms with Crippen LogP contribution in [0.15, 0.2) is 18.2 Å². The zero-order chi connectivity index (χ0) is 11.2. The minimum absolute atomic E-state index is 0.0395. The second kappa shape index (κ2) is 3.47. The standard InChI is InChI=1S/C12H12ClNO2/c13-5-12(6-16-7-12)9-1-2-10-8(3-9)4-11(15)14-10/h1-3H,4-7H2,(H,14,15). The molecule has 3 rings (SSSR count). The molecule has 0 saturated carbocycles. The number of amides is 1. The molecule has 0 bridgehead atoms. The Bertz CT molecular complexity index is 449. The second-order valence-corrected chi connectivity index (χ2v) is 4.77. The minimum atomic E-state index is -0.0395. The average molecular weight is 238 g/mol. The van der Waals surface area contributed by atoms with Crippen LogP contribution in [0.1, 0.15) is 11.1 Å². The van der Waals surface area contributed by atoms with Gasteiger partial charge < -0.3 is 10.1 Å². The van der Waals surface area contributed by atoms with Crippen molar-refractivity contribution in [3.05, 3.63) is 29.3 Å². The highest BCUT2D eigenvalue weighted by atomic mass is 35.5. The first-order valence-electron chi connectivity index (χ1n) is 5.30. The van der Waals surface area contributed by atoms with Crippen LogP contribution in [0.3, 0.4) is 0 Å². The molecule has 1 saturated heterocycles. The van der Waals surface area contributed by atoms with Gasteiger partial charge >= 0.3 is 0 Å². The van der Waals surface area contributed by atoms with Gasteiger partial charge in [0.25, 0.3) is 0 Å². The summed E-state index contributed by atoms with van der Waals surface area (Å²) in [5.41, 5.74) is 3.14. The first kappa shape index (κ1) is 10.1. The number of benzene rings is 1. The summed E-state index contributed by atoms with van der Waals surface area (Å²) in [6.45, 7) is 1.35. The van der Waals surface area contributed by atoms with Gasteiger partial charge in [0.15, 0.2) is 0 Å². The Morgan fingerprint density at radius 1 is 1.44 bits per heavy atom. The number of nitrogens with one attached hydrogen (secondary N) is 1. The lowest BCUT2D eigenvalue weighted by Crippen LogP contribution is -2.48. The summed E-state index contributed by atoms with van der Waals surface area (Å²) in [5, 5.41) is 2.83. The van der Waals surface area contributed by atoms with Crippen LogP contribution in [0.5, 0.6) is 0 Å². The summed E-state index contributed by atoms with van der Waals surface area (Å²) >= 11 is 6.01. The van der Waals surface area contributed by atoms with Crippen LogP contribution in [0.2, 0.25) is 0 Å². The number of anilines is 1. The molecule has 1 aromatic rings. The maximum Gasteiger partial charge on any atom is 0.228 e. The predicted molar refractivity (Wildman–Crippen MR) is 62.0 cm³/mol. The van der Waals surface area contributed by atoms with E-state index >= 15 is 0 Å². The summed E-state index contributed by atoms with van der Waals surface area (Å²) in [4.78, 5) is 11.3. The molecule has 1 aromatic carbocycles. The fraction of sp³-hybridized carbons (Fsp3) is 0.417. The molecule has 84 valence electrons. The van der Waals surface area contributed by atoms with Crippen LogP contribution in [-0.4, -0.2) is 25.0 Å². The normalized spacial score (nSPS) is 21.2. The Balaban J connectivity index is 1.98. The van der Waals surface area contributed by atoms with Crippen molar-refractivity contribution in [1.29, 1.82) is 0 Å². The predicted octanol–water partition coefficient (Wildman–Crippen LogP) is 1.69. The molecule has 1 N–H and O–H groups in total. The molecule has 2 heterocycles. The van der Waals surface area contributed by atoms with Gasteiger partial charge in [-0.3, -0.25) is 4.79 Å². The van der Waals surface area contributed by atoms with Crippen molar-refractivity contribution < 1.29 is 9.53 Å². The number of fused-ring (bicyclic) bond motifs is 1. The van der Waals surface area contributed by atoms with Gasteiger partial charge in [-0.1, -0.05) is 12.1 Å². The Morgan fingerprint density at radius 2 is 2.25 bits per heavy atom. The number of ether oxygens (including phenoxy) is 1. The number of carbonyl (C=O) groups is 1. The molecule has 0 unspecified atom stereocenters. The van der Waals surface area contributed by atoms with E-state index in [4.69, 9.17) is 16.3 Å². The Morgan fingerprint density at radius 3 is 2.88 bits per heavy atom. The van der Waals surface area contributed by atoms with Crippen molar-refractivity contribution in [3.63, 3.8) is 0 Å². The van der Waals surface area contributed by atoms with E-state index in [-0.39, 0.29) is 11.3 Å². The summed E-state index contributed by atoms with van der Waals surface area (Å²) in [5.74, 6) is 0.629. The number of halogens is 1. The number of alkyl halides is 1. The molecule has 0 atom stereocenters. The zero-order valence-corrected chi connectivity index (χ0v) is 9.51. The van der Waals surface area contributed by atoms with Gasteiger partial charge in [-0.25, -0.2) is 0 Å². The Kier molecular flexibility index (Phi) is 2.19. The topological polar surface area (TPSA) is 38.3 Å². The molecule has 2 aliphatic heterocycles. The van der Waals surface area contributed by atoms with Crippen molar-refractivity contribution >= 4 is 23.2 Å². The molecular formula is C12H12ClNO2. The van der Waals surface area contributed by atoms with Crippen LogP contribution in [0.4, 0.5) is 5.69 Å². The molecule has 0 aromatic heterocycles. The van der Waals surface area contributed by atoms with Crippen molar-refractivity contribution in [2.24, 2.45) is 0 Å². The highest BCUT2D eigenvalue weighted by molar-refractivity contribution is 6.18. The fourth-order valence-corrected chi connectivity index (χ4v) is 2.54. The van der Waals surface area contributed by atoms with Crippen LogP contribution < -0.4 is 5.32 Å². The van der Waals surface area contributed by atoms with E-state index in [0.717, 1.165) is 11.3 Å². The van der Waals surface area contributed by atoms with Crippen LogP contribution in [0, 0.1) is 0 Å². The number of carbonyl (C=O) groups excluding carboxylic acids is 1. The van der Waals surface area contributed by atoms with E-state index in [9.17, 15) is 4.79 Å². The van der Waals surface area contributed by atoms with Gasteiger partial charge in [0, 0.05) is 11.6 Å². The molecule has 3 nitrogen and oxygen atoms in total. The molecule has 0 radical (unpaired) electrons. The van der Waals surface area contributed by atoms with Gasteiger partial charge in [0.1, 0.15) is 0 Å². The van der Waals surface area contributed by atoms with E-state index in [1.54, 1.807) is 0 Å². The highest BCUT2D eigenvalue weighted by Gasteiger charge is 2.40. The molecule has 1 fully saturated rings. The monoisotopic (exact) mass is 237 g/mol.